The van der Waals surface area contributed by atoms with Crippen molar-refractivity contribution >= 4 is 17.4 Å². The summed E-state index contributed by atoms with van der Waals surface area (Å²) >= 11 is 0. The molecule has 0 aromatic carbocycles. The molecule has 4 heterocycles. The maximum Gasteiger partial charge on any atom is 0.228 e. The minimum Gasteiger partial charge on any atom is -0.377 e. The first-order valence-corrected chi connectivity index (χ1v) is 8.71. The van der Waals surface area contributed by atoms with E-state index in [1.165, 1.54) is 0 Å². The first-order chi connectivity index (χ1) is 12.1. The molecule has 130 valence electrons. The van der Waals surface area contributed by atoms with Gasteiger partial charge in [-0.1, -0.05) is 0 Å². The van der Waals surface area contributed by atoms with Gasteiger partial charge in [0.2, 0.25) is 5.91 Å². The number of hydrogen-bond acceptors (Lipinski definition) is 6. The van der Waals surface area contributed by atoms with Crippen LogP contribution in [0.25, 0.3) is 11.3 Å². The summed E-state index contributed by atoms with van der Waals surface area (Å²) in [6, 6.07) is 2.21. The molecule has 8 nitrogen and oxygen atoms in total. The van der Waals surface area contributed by atoms with E-state index in [1.807, 2.05) is 13.1 Å². The Morgan fingerprint density at radius 1 is 1.32 bits per heavy atom. The van der Waals surface area contributed by atoms with Gasteiger partial charge >= 0.3 is 0 Å². The van der Waals surface area contributed by atoms with Crippen molar-refractivity contribution in [3.8, 4) is 11.3 Å². The number of carbonyl (C=O) groups is 1. The number of aromatic nitrogens is 4. The largest absolute Gasteiger partial charge is 0.377 e. The van der Waals surface area contributed by atoms with Crippen molar-refractivity contribution < 1.29 is 9.53 Å². The normalized spacial score (nSPS) is 22.2. The van der Waals surface area contributed by atoms with Crippen LogP contribution < -0.4 is 10.2 Å². The van der Waals surface area contributed by atoms with Gasteiger partial charge in [-0.15, -0.1) is 0 Å². The molecule has 8 heteroatoms. The lowest BCUT2D eigenvalue weighted by molar-refractivity contribution is -0.117. The summed E-state index contributed by atoms with van der Waals surface area (Å²) < 4.78 is 5.26. The summed E-state index contributed by atoms with van der Waals surface area (Å²) in [7, 11) is 2.01. The monoisotopic (exact) mass is 340 g/mol. The number of pyridine rings is 1. The van der Waals surface area contributed by atoms with E-state index >= 15 is 0 Å². The number of ether oxygens (including phenoxy) is 1. The van der Waals surface area contributed by atoms with E-state index in [4.69, 9.17) is 14.9 Å². The molecule has 0 bridgehead atoms. The molecule has 3 aliphatic rings. The Labute approximate surface area is 145 Å². The maximum absolute atomic E-state index is 12.2. The van der Waals surface area contributed by atoms with E-state index in [9.17, 15) is 4.79 Å². The van der Waals surface area contributed by atoms with Crippen molar-refractivity contribution in [3.63, 3.8) is 0 Å². The topological polar surface area (TPSA) is 85.2 Å². The van der Waals surface area contributed by atoms with Gasteiger partial charge in [-0.05, 0) is 25.8 Å². The average Bonchev–Trinajstić information content (AvgIpc) is 3.31. The summed E-state index contributed by atoms with van der Waals surface area (Å²) in [6.07, 6.45) is 3.66. The lowest BCUT2D eigenvalue weighted by atomic mass is 9.99. The number of hydrogen-bond donors (Lipinski definition) is 1. The molecular weight excluding hydrogens is 320 g/mol. The van der Waals surface area contributed by atoms with Crippen molar-refractivity contribution in [1.29, 1.82) is 0 Å². The SMILES string of the molecule is CC1c2nn(C3COC3)nc2-c2ccnc(NC(=O)C3CC3)c2N1C. The zero-order valence-corrected chi connectivity index (χ0v) is 14.3. The highest BCUT2D eigenvalue weighted by Gasteiger charge is 2.36. The average molecular weight is 340 g/mol. The molecule has 1 N–H and O–H groups in total. The summed E-state index contributed by atoms with van der Waals surface area (Å²) in [6.45, 7) is 3.41. The zero-order chi connectivity index (χ0) is 17.1. The lowest BCUT2D eigenvalue weighted by Gasteiger charge is -2.33. The molecule has 2 aromatic rings. The van der Waals surface area contributed by atoms with Crippen LogP contribution in [0.1, 0.15) is 37.5 Å². The summed E-state index contributed by atoms with van der Waals surface area (Å²) in [5.74, 6) is 0.804. The van der Waals surface area contributed by atoms with E-state index in [2.05, 4.69) is 22.1 Å². The lowest BCUT2D eigenvalue weighted by Crippen LogP contribution is -2.32. The van der Waals surface area contributed by atoms with E-state index in [-0.39, 0.29) is 23.9 Å². The van der Waals surface area contributed by atoms with Crippen LogP contribution in [0.2, 0.25) is 0 Å². The minimum atomic E-state index is 0.0537. The summed E-state index contributed by atoms with van der Waals surface area (Å²) in [5.41, 5.74) is 3.70. The second-order valence-corrected chi connectivity index (χ2v) is 7.05. The number of nitrogens with one attached hydrogen (secondary N) is 1. The Kier molecular flexibility index (Phi) is 3.12. The molecule has 25 heavy (non-hydrogen) atoms. The third-order valence-corrected chi connectivity index (χ3v) is 5.30. The molecule has 2 aliphatic heterocycles. The van der Waals surface area contributed by atoms with Gasteiger partial charge in [0.1, 0.15) is 17.4 Å². The van der Waals surface area contributed by atoms with Gasteiger partial charge in [-0.25, -0.2) is 4.98 Å². The van der Waals surface area contributed by atoms with Crippen LogP contribution in [-0.4, -0.2) is 46.1 Å². The number of rotatable bonds is 3. The number of amides is 1. The van der Waals surface area contributed by atoms with Crippen molar-refractivity contribution in [3.05, 3.63) is 18.0 Å². The molecule has 2 fully saturated rings. The predicted molar refractivity (Wildman–Crippen MR) is 91.3 cm³/mol. The molecule has 1 atom stereocenters. The third kappa shape index (κ3) is 2.24. The van der Waals surface area contributed by atoms with Gasteiger partial charge < -0.3 is 15.0 Å². The van der Waals surface area contributed by atoms with Gasteiger partial charge in [0, 0.05) is 24.7 Å². The molecule has 2 aromatic heterocycles. The van der Waals surface area contributed by atoms with E-state index in [0.29, 0.717) is 19.0 Å². The van der Waals surface area contributed by atoms with Crippen LogP contribution in [0.3, 0.4) is 0 Å². The standard InChI is InChI=1S/C17H20N6O2/c1-9-13-14(21-23(20-13)11-7-25-8-11)12-5-6-18-16(15(12)22(9)2)19-17(24)10-3-4-10/h5-6,9-11H,3-4,7-8H2,1-2H3,(H,18,19,24). The number of fused-ring (bicyclic) bond motifs is 3. The van der Waals surface area contributed by atoms with Crippen LogP contribution in [0.15, 0.2) is 12.3 Å². The summed E-state index contributed by atoms with van der Waals surface area (Å²) in [4.78, 5) is 20.5. The van der Waals surface area contributed by atoms with Gasteiger partial charge in [-0.3, -0.25) is 4.79 Å². The Morgan fingerprint density at radius 2 is 2.12 bits per heavy atom. The van der Waals surface area contributed by atoms with Gasteiger partial charge in [-0.2, -0.15) is 15.0 Å². The molecule has 5 rings (SSSR count). The van der Waals surface area contributed by atoms with E-state index in [0.717, 1.165) is 35.5 Å². The van der Waals surface area contributed by atoms with Crippen molar-refractivity contribution in [2.75, 3.05) is 30.5 Å². The smallest absolute Gasteiger partial charge is 0.228 e. The van der Waals surface area contributed by atoms with E-state index in [1.54, 1.807) is 11.0 Å². The van der Waals surface area contributed by atoms with Crippen LogP contribution in [0, 0.1) is 5.92 Å². The number of nitrogens with zero attached hydrogens (tertiary/aromatic N) is 5. The first-order valence-electron chi connectivity index (χ1n) is 8.71. The molecular formula is C17H20N6O2. The fourth-order valence-corrected chi connectivity index (χ4v) is 3.36. The fourth-order valence-electron chi connectivity index (χ4n) is 3.36. The van der Waals surface area contributed by atoms with Crippen molar-refractivity contribution in [2.24, 2.45) is 5.92 Å². The Morgan fingerprint density at radius 3 is 2.80 bits per heavy atom. The van der Waals surface area contributed by atoms with Crippen LogP contribution in [-0.2, 0) is 9.53 Å². The Hall–Kier alpha value is -2.48. The summed E-state index contributed by atoms with van der Waals surface area (Å²) in [5, 5.41) is 12.4. The highest BCUT2D eigenvalue weighted by molar-refractivity contribution is 5.99. The van der Waals surface area contributed by atoms with Crippen molar-refractivity contribution in [2.45, 2.75) is 31.8 Å². The first kappa shape index (κ1) is 14.8. The minimum absolute atomic E-state index is 0.0537. The Balaban J connectivity index is 1.59. The highest BCUT2D eigenvalue weighted by Crippen LogP contribution is 2.45. The molecule has 1 aliphatic carbocycles. The second kappa shape index (κ2) is 5.26. The van der Waals surface area contributed by atoms with Gasteiger partial charge in [0.05, 0.1) is 24.9 Å². The maximum atomic E-state index is 12.2. The highest BCUT2D eigenvalue weighted by atomic mass is 16.5. The zero-order valence-electron chi connectivity index (χ0n) is 14.3. The van der Waals surface area contributed by atoms with Crippen LogP contribution >= 0.6 is 0 Å². The molecule has 0 radical (unpaired) electrons. The van der Waals surface area contributed by atoms with Crippen molar-refractivity contribution in [1.82, 2.24) is 20.0 Å². The van der Waals surface area contributed by atoms with Crippen LogP contribution in [0.5, 0.6) is 0 Å². The quantitative estimate of drug-likeness (QED) is 0.916. The molecule has 1 amide bonds. The third-order valence-electron chi connectivity index (χ3n) is 5.30. The van der Waals surface area contributed by atoms with Gasteiger partial charge in [0.15, 0.2) is 5.82 Å². The molecule has 0 spiro atoms. The van der Waals surface area contributed by atoms with Crippen LogP contribution in [0.4, 0.5) is 11.5 Å². The van der Waals surface area contributed by atoms with E-state index < -0.39 is 0 Å². The fraction of sp³-hybridized carbons (Fsp3) is 0.529. The number of carbonyl (C=O) groups excluding carboxylic acids is 1. The molecule has 1 unspecified atom stereocenters. The number of anilines is 2. The Bertz CT molecular complexity index is 855. The molecule has 1 saturated carbocycles. The van der Waals surface area contributed by atoms with Gasteiger partial charge in [0.25, 0.3) is 0 Å². The molecule has 1 saturated heterocycles. The predicted octanol–water partition coefficient (Wildman–Crippen LogP) is 1.77. The second-order valence-electron chi connectivity index (χ2n) is 7.05.